The number of nitrogens with zero attached hydrogens (tertiary/aromatic N) is 4. The summed E-state index contributed by atoms with van der Waals surface area (Å²) in [5.41, 5.74) is 8.18. The largest absolute Gasteiger partial charge is 0.391 e. The Kier molecular flexibility index (Phi) is 3.87. The molecule has 3 atom stereocenters. The van der Waals surface area contributed by atoms with Crippen molar-refractivity contribution in [3.8, 4) is 0 Å². The average molecular weight is 325 g/mol. The number of anilines is 1. The van der Waals surface area contributed by atoms with Crippen LogP contribution in [-0.4, -0.2) is 37.3 Å². The van der Waals surface area contributed by atoms with Gasteiger partial charge in [0.1, 0.15) is 11.8 Å². The molecule has 3 N–H and O–H groups in total. The van der Waals surface area contributed by atoms with Crippen LogP contribution in [0, 0.1) is 5.92 Å². The lowest BCUT2D eigenvalue weighted by Gasteiger charge is -2.41. The lowest BCUT2D eigenvalue weighted by molar-refractivity contribution is -0.0740. The highest BCUT2D eigenvalue weighted by molar-refractivity contribution is 5.81. The van der Waals surface area contributed by atoms with Gasteiger partial charge in [-0.25, -0.2) is 15.0 Å². The normalized spacial score (nSPS) is 23.3. The van der Waals surface area contributed by atoms with E-state index in [9.17, 15) is 5.11 Å². The fourth-order valence-corrected chi connectivity index (χ4v) is 3.17. The van der Waals surface area contributed by atoms with Crippen LogP contribution in [0.2, 0.25) is 0 Å². The highest BCUT2D eigenvalue weighted by Crippen LogP contribution is 2.39. The molecule has 0 saturated heterocycles. The topological polar surface area (TPSA) is 99.1 Å². The van der Waals surface area contributed by atoms with E-state index in [1.807, 2.05) is 34.9 Å². The molecule has 3 aromatic rings. The van der Waals surface area contributed by atoms with Gasteiger partial charge in [0.2, 0.25) is 0 Å². The van der Waals surface area contributed by atoms with Gasteiger partial charge in [0.15, 0.2) is 11.5 Å². The average Bonchev–Trinajstić information content (AvgIpc) is 3.03. The summed E-state index contributed by atoms with van der Waals surface area (Å²) in [5, 5.41) is 10.5. The molecule has 0 bridgehead atoms. The van der Waals surface area contributed by atoms with E-state index in [2.05, 4.69) is 15.0 Å². The molecule has 0 amide bonds. The van der Waals surface area contributed by atoms with Gasteiger partial charge in [-0.2, -0.15) is 0 Å². The first-order valence-corrected chi connectivity index (χ1v) is 7.97. The monoisotopic (exact) mass is 325 g/mol. The second kappa shape index (κ2) is 6.18. The number of hydrogen-bond donors (Lipinski definition) is 2. The Balaban J connectivity index is 1.37. The predicted octanol–water partition coefficient (Wildman–Crippen LogP) is 1.55. The third-order valence-electron chi connectivity index (χ3n) is 4.61. The molecular weight excluding hydrogens is 306 g/mol. The summed E-state index contributed by atoms with van der Waals surface area (Å²) < 4.78 is 7.62. The quantitative estimate of drug-likeness (QED) is 0.738. The zero-order valence-electron chi connectivity index (χ0n) is 13.1. The second-order valence-electron chi connectivity index (χ2n) is 6.14. The van der Waals surface area contributed by atoms with Crippen LogP contribution in [0.3, 0.4) is 0 Å². The molecule has 0 radical (unpaired) electrons. The number of fused-ring (bicyclic) bond motifs is 1. The lowest BCUT2D eigenvalue weighted by Crippen LogP contribution is -2.45. The number of benzene rings is 1. The zero-order valence-corrected chi connectivity index (χ0v) is 13.1. The standard InChI is InChI=1S/C17H19N5O2/c18-16-14-17(20-9-19-16)22(10-21-14)13-6-12(15(13)23)8-24-7-11-4-2-1-3-5-11/h1-5,9-10,12-13,15,23H,6-8H2,(H2,18,19,20). The van der Waals surface area contributed by atoms with E-state index in [-0.39, 0.29) is 12.0 Å². The molecule has 0 aliphatic heterocycles. The number of imidazole rings is 1. The number of aliphatic hydroxyl groups is 1. The summed E-state index contributed by atoms with van der Waals surface area (Å²) in [6, 6.07) is 9.98. The summed E-state index contributed by atoms with van der Waals surface area (Å²) in [5.74, 6) is 0.477. The van der Waals surface area contributed by atoms with Gasteiger partial charge in [0, 0.05) is 5.92 Å². The molecule has 24 heavy (non-hydrogen) atoms. The number of rotatable bonds is 5. The van der Waals surface area contributed by atoms with Crippen LogP contribution in [0.25, 0.3) is 11.2 Å². The summed E-state index contributed by atoms with van der Waals surface area (Å²) >= 11 is 0. The third-order valence-corrected chi connectivity index (χ3v) is 4.61. The molecule has 1 aliphatic carbocycles. The first-order valence-electron chi connectivity index (χ1n) is 7.97. The van der Waals surface area contributed by atoms with E-state index in [1.54, 1.807) is 6.33 Å². The van der Waals surface area contributed by atoms with Crippen molar-refractivity contribution in [1.82, 2.24) is 19.5 Å². The Morgan fingerprint density at radius 2 is 2.04 bits per heavy atom. The van der Waals surface area contributed by atoms with E-state index in [1.165, 1.54) is 6.33 Å². The lowest BCUT2D eigenvalue weighted by atomic mass is 9.77. The Hall–Kier alpha value is -2.51. The van der Waals surface area contributed by atoms with Gasteiger partial charge in [-0.05, 0) is 12.0 Å². The molecule has 7 nitrogen and oxygen atoms in total. The van der Waals surface area contributed by atoms with E-state index < -0.39 is 6.10 Å². The van der Waals surface area contributed by atoms with Crippen molar-refractivity contribution in [2.24, 2.45) is 5.92 Å². The molecule has 1 aliphatic rings. The summed E-state index contributed by atoms with van der Waals surface area (Å²) in [6.45, 7) is 1.10. The first-order chi connectivity index (χ1) is 11.7. The van der Waals surface area contributed by atoms with Crippen molar-refractivity contribution in [3.05, 3.63) is 48.5 Å². The maximum absolute atomic E-state index is 10.5. The number of ether oxygens (including phenoxy) is 1. The number of hydrogen-bond acceptors (Lipinski definition) is 6. The number of nitrogens with two attached hydrogens (primary N) is 1. The Labute approximate surface area is 139 Å². The summed E-state index contributed by atoms with van der Waals surface area (Å²) in [6.07, 6.45) is 3.44. The molecule has 2 heterocycles. The number of nitrogen functional groups attached to an aromatic ring is 1. The van der Waals surface area contributed by atoms with Gasteiger partial charge >= 0.3 is 0 Å². The highest BCUT2D eigenvalue weighted by Gasteiger charge is 2.41. The fourth-order valence-electron chi connectivity index (χ4n) is 3.17. The fraction of sp³-hybridized carbons (Fsp3) is 0.353. The minimum absolute atomic E-state index is 0.0466. The summed E-state index contributed by atoms with van der Waals surface area (Å²) in [7, 11) is 0. The molecule has 2 aromatic heterocycles. The molecule has 1 fully saturated rings. The van der Waals surface area contributed by atoms with Crippen LogP contribution in [0.4, 0.5) is 5.82 Å². The smallest absolute Gasteiger partial charge is 0.165 e. The summed E-state index contributed by atoms with van der Waals surface area (Å²) in [4.78, 5) is 12.4. The van der Waals surface area contributed by atoms with Crippen LogP contribution in [0.5, 0.6) is 0 Å². The van der Waals surface area contributed by atoms with E-state index >= 15 is 0 Å². The van der Waals surface area contributed by atoms with Crippen molar-refractivity contribution < 1.29 is 9.84 Å². The molecule has 3 unspecified atom stereocenters. The first kappa shape index (κ1) is 15.0. The number of aromatic nitrogens is 4. The molecule has 1 aromatic carbocycles. The maximum Gasteiger partial charge on any atom is 0.165 e. The Bertz CT molecular complexity index is 835. The van der Waals surface area contributed by atoms with Gasteiger partial charge in [0.25, 0.3) is 0 Å². The minimum atomic E-state index is -0.477. The van der Waals surface area contributed by atoms with Gasteiger partial charge in [-0.3, -0.25) is 0 Å². The van der Waals surface area contributed by atoms with E-state index in [0.29, 0.717) is 30.2 Å². The van der Waals surface area contributed by atoms with Gasteiger partial charge < -0.3 is 20.1 Å². The van der Waals surface area contributed by atoms with Gasteiger partial charge in [0.05, 0.1) is 31.7 Å². The molecule has 7 heteroatoms. The molecule has 124 valence electrons. The SMILES string of the molecule is Nc1ncnc2c1ncn2C1CC(COCc2ccccc2)C1O. The van der Waals surface area contributed by atoms with Crippen LogP contribution in [-0.2, 0) is 11.3 Å². The van der Waals surface area contributed by atoms with Crippen LogP contribution in [0.15, 0.2) is 43.0 Å². The van der Waals surface area contributed by atoms with Crippen molar-refractivity contribution in [3.63, 3.8) is 0 Å². The Morgan fingerprint density at radius 3 is 2.83 bits per heavy atom. The minimum Gasteiger partial charge on any atom is -0.391 e. The van der Waals surface area contributed by atoms with Gasteiger partial charge in [-0.1, -0.05) is 30.3 Å². The van der Waals surface area contributed by atoms with Crippen molar-refractivity contribution in [1.29, 1.82) is 0 Å². The van der Waals surface area contributed by atoms with Crippen LogP contribution >= 0.6 is 0 Å². The molecule has 1 saturated carbocycles. The van der Waals surface area contributed by atoms with Crippen LogP contribution < -0.4 is 5.73 Å². The molecule has 0 spiro atoms. The molecular formula is C17H19N5O2. The van der Waals surface area contributed by atoms with Crippen LogP contribution in [0.1, 0.15) is 18.0 Å². The predicted molar refractivity (Wildman–Crippen MR) is 89.0 cm³/mol. The van der Waals surface area contributed by atoms with E-state index in [4.69, 9.17) is 10.5 Å². The third kappa shape index (κ3) is 2.61. The maximum atomic E-state index is 10.5. The highest BCUT2D eigenvalue weighted by atomic mass is 16.5. The zero-order chi connectivity index (χ0) is 16.5. The molecule has 4 rings (SSSR count). The van der Waals surface area contributed by atoms with Crippen molar-refractivity contribution in [2.75, 3.05) is 12.3 Å². The number of aliphatic hydroxyl groups excluding tert-OH is 1. The van der Waals surface area contributed by atoms with Crippen molar-refractivity contribution >= 4 is 17.0 Å². The van der Waals surface area contributed by atoms with Crippen molar-refractivity contribution in [2.45, 2.75) is 25.2 Å². The second-order valence-corrected chi connectivity index (χ2v) is 6.14. The Morgan fingerprint density at radius 1 is 1.21 bits per heavy atom. The van der Waals surface area contributed by atoms with E-state index in [0.717, 1.165) is 12.0 Å². The van der Waals surface area contributed by atoms with Gasteiger partial charge in [-0.15, -0.1) is 0 Å².